The fraction of sp³-hybridized carbons (Fsp3) is 0.294. The molecule has 0 amide bonds. The zero-order valence-corrected chi connectivity index (χ0v) is 13.0. The molecule has 0 atom stereocenters. The standard InChI is InChI=1S/C17H20ClFN2/c1-12(2)14-5-3-4-6-17(14)21-10-9-20-13-7-8-16(19)15(18)11-13/h3-8,11-12,20-21H,9-10H2,1-2H3. The minimum absolute atomic E-state index is 0.137. The van der Waals surface area contributed by atoms with Crippen molar-refractivity contribution in [1.82, 2.24) is 0 Å². The summed E-state index contributed by atoms with van der Waals surface area (Å²) in [5.74, 6) is 0.0868. The van der Waals surface area contributed by atoms with Gasteiger partial charge in [-0.25, -0.2) is 4.39 Å². The molecule has 0 saturated heterocycles. The quantitative estimate of drug-likeness (QED) is 0.723. The molecule has 2 aromatic carbocycles. The van der Waals surface area contributed by atoms with Gasteiger partial charge in [-0.3, -0.25) is 0 Å². The van der Waals surface area contributed by atoms with Crippen LogP contribution in [0.1, 0.15) is 25.3 Å². The highest BCUT2D eigenvalue weighted by molar-refractivity contribution is 6.31. The fourth-order valence-corrected chi connectivity index (χ4v) is 2.35. The van der Waals surface area contributed by atoms with Gasteiger partial charge in [0.25, 0.3) is 0 Å². The Hall–Kier alpha value is -1.74. The van der Waals surface area contributed by atoms with Gasteiger partial charge in [0.2, 0.25) is 0 Å². The molecule has 0 saturated carbocycles. The lowest BCUT2D eigenvalue weighted by atomic mass is 10.0. The molecular weight excluding hydrogens is 287 g/mol. The Bertz CT molecular complexity index is 599. The van der Waals surface area contributed by atoms with E-state index in [0.29, 0.717) is 5.92 Å². The Morgan fingerprint density at radius 1 is 1.05 bits per heavy atom. The molecule has 2 rings (SSSR count). The average molecular weight is 307 g/mol. The maximum atomic E-state index is 13.1. The number of benzene rings is 2. The first-order valence-corrected chi connectivity index (χ1v) is 7.47. The smallest absolute Gasteiger partial charge is 0.141 e. The third kappa shape index (κ3) is 4.36. The van der Waals surface area contributed by atoms with Crippen molar-refractivity contribution < 1.29 is 4.39 Å². The van der Waals surface area contributed by atoms with E-state index in [-0.39, 0.29) is 5.02 Å². The summed E-state index contributed by atoms with van der Waals surface area (Å²) < 4.78 is 13.1. The average Bonchev–Trinajstić information content (AvgIpc) is 2.47. The molecule has 0 fully saturated rings. The largest absolute Gasteiger partial charge is 0.383 e. The van der Waals surface area contributed by atoms with Crippen molar-refractivity contribution in [3.63, 3.8) is 0 Å². The van der Waals surface area contributed by atoms with Crippen LogP contribution in [0.3, 0.4) is 0 Å². The van der Waals surface area contributed by atoms with Crippen molar-refractivity contribution in [2.75, 3.05) is 23.7 Å². The van der Waals surface area contributed by atoms with Crippen LogP contribution in [-0.4, -0.2) is 13.1 Å². The highest BCUT2D eigenvalue weighted by atomic mass is 35.5. The highest BCUT2D eigenvalue weighted by Crippen LogP contribution is 2.23. The lowest BCUT2D eigenvalue weighted by Gasteiger charge is -2.15. The fourth-order valence-electron chi connectivity index (χ4n) is 2.17. The molecule has 2 N–H and O–H groups in total. The van der Waals surface area contributed by atoms with E-state index in [9.17, 15) is 4.39 Å². The van der Waals surface area contributed by atoms with Crippen molar-refractivity contribution in [2.45, 2.75) is 19.8 Å². The molecule has 0 radical (unpaired) electrons. The minimum atomic E-state index is -0.397. The molecule has 0 bridgehead atoms. The molecule has 0 aliphatic heterocycles. The lowest BCUT2D eigenvalue weighted by Crippen LogP contribution is -2.14. The molecule has 0 unspecified atom stereocenters. The second kappa shape index (κ2) is 7.32. The molecule has 21 heavy (non-hydrogen) atoms. The zero-order chi connectivity index (χ0) is 15.2. The van der Waals surface area contributed by atoms with Gasteiger partial charge in [0, 0.05) is 24.5 Å². The Morgan fingerprint density at radius 2 is 1.76 bits per heavy atom. The molecule has 0 aliphatic carbocycles. The van der Waals surface area contributed by atoms with Crippen LogP contribution in [0.4, 0.5) is 15.8 Å². The second-order valence-electron chi connectivity index (χ2n) is 5.22. The summed E-state index contributed by atoms with van der Waals surface area (Å²) in [5, 5.41) is 6.78. The van der Waals surface area contributed by atoms with Crippen LogP contribution >= 0.6 is 11.6 Å². The minimum Gasteiger partial charge on any atom is -0.383 e. The molecular formula is C17H20ClFN2. The van der Waals surface area contributed by atoms with Gasteiger partial charge < -0.3 is 10.6 Å². The van der Waals surface area contributed by atoms with E-state index < -0.39 is 5.82 Å². The molecule has 2 nitrogen and oxygen atoms in total. The van der Waals surface area contributed by atoms with Crippen LogP contribution in [0.5, 0.6) is 0 Å². The number of hydrogen-bond acceptors (Lipinski definition) is 2. The number of hydrogen-bond donors (Lipinski definition) is 2. The monoisotopic (exact) mass is 306 g/mol. The van der Waals surface area contributed by atoms with E-state index >= 15 is 0 Å². The number of nitrogens with one attached hydrogen (secondary N) is 2. The topological polar surface area (TPSA) is 24.1 Å². The Labute approximate surface area is 130 Å². The summed E-state index contributed by atoms with van der Waals surface area (Å²) in [5.41, 5.74) is 3.29. The third-order valence-corrected chi connectivity index (χ3v) is 3.56. The summed E-state index contributed by atoms with van der Waals surface area (Å²) >= 11 is 5.75. The van der Waals surface area contributed by atoms with E-state index in [1.807, 2.05) is 6.07 Å². The van der Waals surface area contributed by atoms with E-state index in [2.05, 4.69) is 42.7 Å². The molecule has 0 aliphatic rings. The predicted octanol–water partition coefficient (Wildman–Crippen LogP) is 5.13. The van der Waals surface area contributed by atoms with Gasteiger partial charge in [-0.15, -0.1) is 0 Å². The summed E-state index contributed by atoms with van der Waals surface area (Å²) in [6.45, 7) is 5.87. The molecule has 4 heteroatoms. The van der Waals surface area contributed by atoms with Crippen LogP contribution in [-0.2, 0) is 0 Å². The van der Waals surface area contributed by atoms with Gasteiger partial charge in [0.15, 0.2) is 0 Å². The van der Waals surface area contributed by atoms with Gasteiger partial charge in [-0.1, -0.05) is 43.6 Å². The summed E-state index contributed by atoms with van der Waals surface area (Å²) in [7, 11) is 0. The summed E-state index contributed by atoms with van der Waals surface area (Å²) in [6, 6.07) is 13.0. The molecule has 0 heterocycles. The van der Waals surface area contributed by atoms with E-state index in [1.54, 1.807) is 12.1 Å². The first-order chi connectivity index (χ1) is 10.1. The second-order valence-corrected chi connectivity index (χ2v) is 5.63. The van der Waals surface area contributed by atoms with Gasteiger partial charge in [-0.2, -0.15) is 0 Å². The van der Waals surface area contributed by atoms with Crippen LogP contribution in [0.2, 0.25) is 5.02 Å². The first-order valence-electron chi connectivity index (χ1n) is 7.09. The predicted molar refractivity (Wildman–Crippen MR) is 88.9 cm³/mol. The Kier molecular flexibility index (Phi) is 5.45. The third-order valence-electron chi connectivity index (χ3n) is 3.27. The number of anilines is 2. The molecule has 0 spiro atoms. The van der Waals surface area contributed by atoms with E-state index in [0.717, 1.165) is 24.5 Å². The van der Waals surface area contributed by atoms with Gasteiger partial charge >= 0.3 is 0 Å². The highest BCUT2D eigenvalue weighted by Gasteiger charge is 2.05. The Morgan fingerprint density at radius 3 is 2.48 bits per heavy atom. The SMILES string of the molecule is CC(C)c1ccccc1NCCNc1ccc(F)c(Cl)c1. The first kappa shape index (κ1) is 15.6. The summed E-state index contributed by atoms with van der Waals surface area (Å²) in [4.78, 5) is 0. The van der Waals surface area contributed by atoms with Gasteiger partial charge in [0.1, 0.15) is 5.82 Å². The maximum Gasteiger partial charge on any atom is 0.141 e. The van der Waals surface area contributed by atoms with Crippen molar-refractivity contribution in [2.24, 2.45) is 0 Å². The van der Waals surface area contributed by atoms with Gasteiger partial charge in [-0.05, 0) is 35.7 Å². The zero-order valence-electron chi connectivity index (χ0n) is 12.3. The van der Waals surface area contributed by atoms with Crippen LogP contribution < -0.4 is 10.6 Å². The number of halogens is 2. The Balaban J connectivity index is 1.86. The van der Waals surface area contributed by atoms with E-state index in [4.69, 9.17) is 11.6 Å². The molecule has 2 aromatic rings. The molecule has 112 valence electrons. The van der Waals surface area contributed by atoms with Crippen molar-refractivity contribution in [1.29, 1.82) is 0 Å². The maximum absolute atomic E-state index is 13.1. The van der Waals surface area contributed by atoms with Crippen molar-refractivity contribution >= 4 is 23.0 Å². The van der Waals surface area contributed by atoms with E-state index in [1.165, 1.54) is 11.6 Å². The van der Waals surface area contributed by atoms with Crippen LogP contribution in [0, 0.1) is 5.82 Å². The van der Waals surface area contributed by atoms with Crippen LogP contribution in [0.15, 0.2) is 42.5 Å². The van der Waals surface area contributed by atoms with Gasteiger partial charge in [0.05, 0.1) is 5.02 Å². The normalized spacial score (nSPS) is 10.7. The summed E-state index contributed by atoms with van der Waals surface area (Å²) in [6.07, 6.45) is 0. The lowest BCUT2D eigenvalue weighted by molar-refractivity contribution is 0.628. The van der Waals surface area contributed by atoms with Crippen molar-refractivity contribution in [3.05, 3.63) is 58.9 Å². The van der Waals surface area contributed by atoms with Crippen LogP contribution in [0.25, 0.3) is 0 Å². The number of para-hydroxylation sites is 1. The number of rotatable bonds is 6. The van der Waals surface area contributed by atoms with Crippen molar-refractivity contribution in [3.8, 4) is 0 Å². The molecule has 0 aromatic heterocycles.